The van der Waals surface area contributed by atoms with Gasteiger partial charge in [-0.2, -0.15) is 5.10 Å². The number of nitrogens with zero attached hydrogens (tertiary/aromatic N) is 2. The van der Waals surface area contributed by atoms with Crippen LogP contribution in [0, 0.1) is 0 Å². The van der Waals surface area contributed by atoms with Gasteiger partial charge >= 0.3 is 0 Å². The average Bonchev–Trinajstić information content (AvgIpc) is 2.73. The second kappa shape index (κ2) is 5.46. The molecule has 0 saturated carbocycles. The lowest BCUT2D eigenvalue weighted by molar-refractivity contribution is 0.591. The van der Waals surface area contributed by atoms with Crippen molar-refractivity contribution < 1.29 is 8.42 Å². The maximum Gasteiger partial charge on any atom is 0.184 e. The van der Waals surface area contributed by atoms with E-state index in [1.165, 1.54) is 18.2 Å². The molecule has 0 aliphatic heterocycles. The fourth-order valence-electron chi connectivity index (χ4n) is 1.86. The zero-order valence-corrected chi connectivity index (χ0v) is 12.9. The van der Waals surface area contributed by atoms with E-state index < -0.39 is 9.84 Å². The molecule has 20 heavy (non-hydrogen) atoms. The largest absolute Gasteiger partial charge is 0.398 e. The van der Waals surface area contributed by atoms with Gasteiger partial charge in [0, 0.05) is 7.05 Å². The van der Waals surface area contributed by atoms with E-state index in [0.29, 0.717) is 11.4 Å². The van der Waals surface area contributed by atoms with Gasteiger partial charge in [0.2, 0.25) is 0 Å². The van der Waals surface area contributed by atoms with Crippen molar-refractivity contribution in [1.82, 2.24) is 9.78 Å². The highest BCUT2D eigenvalue weighted by Gasteiger charge is 2.19. The Kier molecular flexibility index (Phi) is 4.06. The van der Waals surface area contributed by atoms with Gasteiger partial charge < -0.3 is 5.73 Å². The first kappa shape index (κ1) is 14.9. The molecule has 1 aromatic heterocycles. The van der Waals surface area contributed by atoms with Gasteiger partial charge in [0.1, 0.15) is 0 Å². The third kappa shape index (κ3) is 2.96. The van der Waals surface area contributed by atoms with Gasteiger partial charge in [-0.1, -0.05) is 18.5 Å². The Morgan fingerprint density at radius 1 is 1.35 bits per heavy atom. The van der Waals surface area contributed by atoms with Gasteiger partial charge in [-0.3, -0.25) is 4.68 Å². The molecule has 0 fully saturated rings. The molecule has 0 aliphatic rings. The predicted molar refractivity (Wildman–Crippen MR) is 79.3 cm³/mol. The lowest BCUT2D eigenvalue weighted by atomic mass is 10.3. The number of sulfone groups is 1. The van der Waals surface area contributed by atoms with Crippen molar-refractivity contribution in [3.05, 3.63) is 40.7 Å². The maximum atomic E-state index is 12.4. The molecule has 0 saturated heterocycles. The van der Waals surface area contributed by atoms with Crippen molar-refractivity contribution in [2.45, 2.75) is 24.0 Å². The summed E-state index contributed by atoms with van der Waals surface area (Å²) < 4.78 is 26.3. The zero-order chi connectivity index (χ0) is 14.9. The number of rotatable bonds is 4. The molecule has 0 atom stereocenters. The molecule has 7 heteroatoms. The first-order valence-electron chi connectivity index (χ1n) is 6.13. The smallest absolute Gasteiger partial charge is 0.184 e. The monoisotopic (exact) mass is 313 g/mol. The standard InChI is InChI=1S/C13H16ClN3O2S/c1-3-9-6-10(17(2)16-9)8-20(18,19)11-4-5-13(15)12(14)7-11/h4-7H,3,8,15H2,1-2H3. The molecule has 2 rings (SSSR count). The zero-order valence-electron chi connectivity index (χ0n) is 11.3. The number of aromatic nitrogens is 2. The fourth-order valence-corrected chi connectivity index (χ4v) is 3.50. The molecular formula is C13H16ClN3O2S. The van der Waals surface area contributed by atoms with E-state index in [9.17, 15) is 8.42 Å². The van der Waals surface area contributed by atoms with Crippen LogP contribution in [0.1, 0.15) is 18.3 Å². The molecule has 0 aliphatic carbocycles. The van der Waals surface area contributed by atoms with Crippen LogP contribution in [0.15, 0.2) is 29.2 Å². The molecule has 1 aromatic carbocycles. The number of hydrogen-bond acceptors (Lipinski definition) is 4. The summed E-state index contributed by atoms with van der Waals surface area (Å²) in [6.07, 6.45) is 0.765. The molecule has 0 amide bonds. The summed E-state index contributed by atoms with van der Waals surface area (Å²) in [4.78, 5) is 0.163. The average molecular weight is 314 g/mol. The van der Waals surface area contributed by atoms with E-state index in [2.05, 4.69) is 5.10 Å². The highest BCUT2D eigenvalue weighted by atomic mass is 35.5. The Hall–Kier alpha value is -1.53. The van der Waals surface area contributed by atoms with E-state index in [0.717, 1.165) is 12.1 Å². The minimum absolute atomic E-state index is 0.114. The second-order valence-electron chi connectivity index (χ2n) is 4.55. The van der Waals surface area contributed by atoms with Crippen molar-refractivity contribution in [3.63, 3.8) is 0 Å². The van der Waals surface area contributed by atoms with Crippen LogP contribution in [-0.4, -0.2) is 18.2 Å². The predicted octanol–water partition coefficient (Wildman–Crippen LogP) is 2.19. The van der Waals surface area contributed by atoms with Gasteiger partial charge in [0.05, 0.1) is 32.7 Å². The Labute approximate surface area is 123 Å². The molecule has 1 heterocycles. The van der Waals surface area contributed by atoms with Crippen LogP contribution in [-0.2, 0) is 29.1 Å². The number of aryl methyl sites for hydroxylation is 2. The van der Waals surface area contributed by atoms with Crippen LogP contribution in [0.25, 0.3) is 0 Å². The first-order chi connectivity index (χ1) is 9.33. The van der Waals surface area contributed by atoms with Crippen LogP contribution in [0.3, 0.4) is 0 Å². The van der Waals surface area contributed by atoms with Gasteiger partial charge in [-0.05, 0) is 30.7 Å². The number of benzene rings is 1. The Bertz CT molecular complexity index is 738. The molecule has 2 N–H and O–H groups in total. The lowest BCUT2D eigenvalue weighted by Crippen LogP contribution is -2.09. The summed E-state index contributed by atoms with van der Waals surface area (Å²) in [6, 6.07) is 6.14. The van der Waals surface area contributed by atoms with Crippen LogP contribution >= 0.6 is 11.6 Å². The summed E-state index contributed by atoms with van der Waals surface area (Å²) in [5.74, 6) is -0.114. The van der Waals surface area contributed by atoms with Gasteiger partial charge in [0.25, 0.3) is 0 Å². The normalized spacial score (nSPS) is 11.8. The van der Waals surface area contributed by atoms with Crippen LogP contribution in [0.5, 0.6) is 0 Å². The highest BCUT2D eigenvalue weighted by molar-refractivity contribution is 7.90. The molecule has 0 unspecified atom stereocenters. The third-order valence-electron chi connectivity index (χ3n) is 3.06. The lowest BCUT2D eigenvalue weighted by Gasteiger charge is -2.06. The summed E-state index contributed by atoms with van der Waals surface area (Å²) in [6.45, 7) is 1.97. The van der Waals surface area contributed by atoms with Gasteiger partial charge in [0.15, 0.2) is 9.84 Å². The van der Waals surface area contributed by atoms with Gasteiger partial charge in [-0.25, -0.2) is 8.42 Å². The van der Waals surface area contributed by atoms with Crippen molar-refractivity contribution in [3.8, 4) is 0 Å². The number of nitrogen functional groups attached to an aromatic ring is 1. The number of hydrogen-bond donors (Lipinski definition) is 1. The van der Waals surface area contributed by atoms with Gasteiger partial charge in [-0.15, -0.1) is 0 Å². The summed E-state index contributed by atoms with van der Waals surface area (Å²) in [5.41, 5.74) is 7.47. The first-order valence-corrected chi connectivity index (χ1v) is 8.16. The fraction of sp³-hybridized carbons (Fsp3) is 0.308. The molecular weight excluding hydrogens is 298 g/mol. The number of anilines is 1. The minimum Gasteiger partial charge on any atom is -0.398 e. The SMILES string of the molecule is CCc1cc(CS(=O)(=O)c2ccc(N)c(Cl)c2)n(C)n1. The molecule has 2 aromatic rings. The number of halogens is 1. The Morgan fingerprint density at radius 3 is 2.60 bits per heavy atom. The maximum absolute atomic E-state index is 12.4. The minimum atomic E-state index is -3.47. The molecule has 0 bridgehead atoms. The van der Waals surface area contributed by atoms with Crippen molar-refractivity contribution >= 4 is 27.1 Å². The summed E-state index contributed by atoms with van der Waals surface area (Å²) in [5, 5.41) is 4.49. The van der Waals surface area contributed by atoms with Crippen molar-refractivity contribution in [2.75, 3.05) is 5.73 Å². The van der Waals surface area contributed by atoms with Crippen molar-refractivity contribution in [1.29, 1.82) is 0 Å². The Balaban J connectivity index is 2.35. The summed E-state index contributed by atoms with van der Waals surface area (Å²) in [7, 11) is -1.73. The van der Waals surface area contributed by atoms with Crippen LogP contribution in [0.2, 0.25) is 5.02 Å². The van der Waals surface area contributed by atoms with E-state index in [4.69, 9.17) is 17.3 Å². The quantitative estimate of drug-likeness (QED) is 0.878. The molecule has 108 valence electrons. The van der Waals surface area contributed by atoms with E-state index in [1.807, 2.05) is 6.92 Å². The molecule has 0 spiro atoms. The van der Waals surface area contributed by atoms with Crippen molar-refractivity contribution in [2.24, 2.45) is 7.05 Å². The molecule has 5 nitrogen and oxygen atoms in total. The highest BCUT2D eigenvalue weighted by Crippen LogP contribution is 2.24. The second-order valence-corrected chi connectivity index (χ2v) is 6.94. The van der Waals surface area contributed by atoms with Crippen LogP contribution < -0.4 is 5.73 Å². The van der Waals surface area contributed by atoms with E-state index >= 15 is 0 Å². The molecule has 0 radical (unpaired) electrons. The topological polar surface area (TPSA) is 78.0 Å². The van der Waals surface area contributed by atoms with E-state index in [-0.39, 0.29) is 15.7 Å². The van der Waals surface area contributed by atoms with Crippen LogP contribution in [0.4, 0.5) is 5.69 Å². The third-order valence-corrected chi connectivity index (χ3v) is 5.03. The Morgan fingerprint density at radius 2 is 2.05 bits per heavy atom. The van der Waals surface area contributed by atoms with E-state index in [1.54, 1.807) is 17.8 Å². The number of nitrogens with two attached hydrogens (primary N) is 1. The summed E-state index contributed by atoms with van der Waals surface area (Å²) >= 11 is 5.87.